The van der Waals surface area contributed by atoms with E-state index in [1.807, 2.05) is 12.1 Å². The molecule has 0 bridgehead atoms. The van der Waals surface area contributed by atoms with E-state index < -0.39 is 0 Å². The SMILES string of the molecule is Oc1ccc2cc(-c3ccc4c5c(cccc35)-c3c-4c(-c4ccccc4)c4ccccc4c3-c3ccccc3)ccc2c1. The highest BCUT2D eigenvalue weighted by Crippen LogP contribution is 2.58. The summed E-state index contributed by atoms with van der Waals surface area (Å²) >= 11 is 0. The first kappa shape index (κ1) is 24.0. The normalized spacial score (nSPS) is 11.8. The van der Waals surface area contributed by atoms with Crippen LogP contribution < -0.4 is 0 Å². The molecule has 0 saturated heterocycles. The average molecular weight is 547 g/mol. The van der Waals surface area contributed by atoms with Gasteiger partial charge in [0, 0.05) is 0 Å². The molecular weight excluding hydrogens is 520 g/mol. The number of rotatable bonds is 3. The van der Waals surface area contributed by atoms with Crippen molar-refractivity contribution in [2.24, 2.45) is 0 Å². The van der Waals surface area contributed by atoms with Crippen LogP contribution in [0, 0.1) is 0 Å². The van der Waals surface area contributed by atoms with Crippen molar-refractivity contribution < 1.29 is 5.11 Å². The molecule has 0 aliphatic heterocycles. The highest BCUT2D eigenvalue weighted by molar-refractivity contribution is 6.28. The molecule has 0 atom stereocenters. The fourth-order valence-electron chi connectivity index (χ4n) is 7.26. The zero-order chi connectivity index (χ0) is 28.5. The summed E-state index contributed by atoms with van der Waals surface area (Å²) in [5, 5.41) is 17.3. The van der Waals surface area contributed by atoms with Gasteiger partial charge in [0.1, 0.15) is 5.75 Å². The fourth-order valence-corrected chi connectivity index (χ4v) is 7.26. The standard InChI is InChI=1S/C42H26O/c43-31-21-20-28-24-30(19-18-29(28)25-31)32-22-23-37-40-33(32)16-9-17-36(40)41-38(26-10-3-1-4-11-26)34-14-7-8-15-35(34)39(42(37)41)27-12-5-2-6-13-27/h1-25,43H. The molecule has 43 heavy (non-hydrogen) atoms. The molecule has 0 aromatic heterocycles. The Morgan fingerprint density at radius 2 is 0.860 bits per heavy atom. The maximum atomic E-state index is 9.99. The average Bonchev–Trinajstić information content (AvgIpc) is 3.39. The maximum Gasteiger partial charge on any atom is 0.116 e. The van der Waals surface area contributed by atoms with E-state index in [9.17, 15) is 5.11 Å². The molecule has 9 rings (SSSR count). The van der Waals surface area contributed by atoms with Crippen LogP contribution in [0.4, 0.5) is 0 Å². The first-order valence-corrected chi connectivity index (χ1v) is 14.8. The Hall–Kier alpha value is -5.66. The molecule has 1 heteroatoms. The van der Waals surface area contributed by atoms with E-state index in [0.717, 1.165) is 10.8 Å². The van der Waals surface area contributed by atoms with Gasteiger partial charge in [0.25, 0.3) is 0 Å². The maximum absolute atomic E-state index is 9.99. The van der Waals surface area contributed by atoms with Crippen LogP contribution in [-0.2, 0) is 0 Å². The first-order valence-electron chi connectivity index (χ1n) is 14.8. The van der Waals surface area contributed by atoms with E-state index in [2.05, 4.69) is 133 Å². The third-order valence-corrected chi connectivity index (χ3v) is 9.05. The minimum atomic E-state index is 0.291. The zero-order valence-electron chi connectivity index (χ0n) is 23.4. The number of hydrogen-bond acceptors (Lipinski definition) is 1. The van der Waals surface area contributed by atoms with Crippen molar-refractivity contribution in [3.63, 3.8) is 0 Å². The molecule has 1 N–H and O–H groups in total. The molecule has 0 amide bonds. The summed E-state index contributed by atoms with van der Waals surface area (Å²) < 4.78 is 0. The molecule has 0 saturated carbocycles. The minimum absolute atomic E-state index is 0.291. The van der Waals surface area contributed by atoms with Crippen LogP contribution in [0.5, 0.6) is 5.75 Å². The van der Waals surface area contributed by atoms with E-state index in [1.54, 1.807) is 6.07 Å². The van der Waals surface area contributed by atoms with Crippen molar-refractivity contribution in [1.29, 1.82) is 0 Å². The van der Waals surface area contributed by atoms with Gasteiger partial charge in [-0.2, -0.15) is 0 Å². The van der Waals surface area contributed by atoms with E-state index in [4.69, 9.17) is 0 Å². The highest BCUT2D eigenvalue weighted by atomic mass is 16.3. The third kappa shape index (κ3) is 3.52. The summed E-state index contributed by atoms with van der Waals surface area (Å²) in [4.78, 5) is 0. The van der Waals surface area contributed by atoms with Crippen LogP contribution in [-0.4, -0.2) is 5.11 Å². The smallest absolute Gasteiger partial charge is 0.116 e. The van der Waals surface area contributed by atoms with Crippen LogP contribution >= 0.6 is 0 Å². The van der Waals surface area contributed by atoms with E-state index in [1.165, 1.54) is 77.2 Å². The van der Waals surface area contributed by atoms with Crippen molar-refractivity contribution in [2.75, 3.05) is 0 Å². The van der Waals surface area contributed by atoms with E-state index in [0.29, 0.717) is 5.75 Å². The Bertz CT molecular complexity index is 2290. The van der Waals surface area contributed by atoms with Gasteiger partial charge >= 0.3 is 0 Å². The van der Waals surface area contributed by atoms with E-state index >= 15 is 0 Å². The lowest BCUT2D eigenvalue weighted by atomic mass is 9.82. The first-order chi connectivity index (χ1) is 21.3. The molecule has 0 unspecified atom stereocenters. The van der Waals surface area contributed by atoms with Crippen molar-refractivity contribution in [1.82, 2.24) is 0 Å². The number of fused-ring (bicyclic) bond motifs is 5. The molecule has 8 aromatic rings. The second kappa shape index (κ2) is 9.17. The van der Waals surface area contributed by atoms with E-state index in [-0.39, 0.29) is 0 Å². The van der Waals surface area contributed by atoms with Crippen molar-refractivity contribution >= 4 is 32.3 Å². The van der Waals surface area contributed by atoms with Gasteiger partial charge in [0.05, 0.1) is 0 Å². The molecule has 0 heterocycles. The Morgan fingerprint density at radius 1 is 0.326 bits per heavy atom. The predicted molar refractivity (Wildman–Crippen MR) is 181 cm³/mol. The predicted octanol–water partition coefficient (Wildman–Crippen LogP) is 11.5. The third-order valence-electron chi connectivity index (χ3n) is 9.05. The summed E-state index contributed by atoms with van der Waals surface area (Å²) in [6.45, 7) is 0. The molecule has 1 aliphatic carbocycles. The summed E-state index contributed by atoms with van der Waals surface area (Å²) in [5.74, 6) is 0.291. The number of hydrogen-bond donors (Lipinski definition) is 1. The molecular formula is C42H26O. The second-order valence-corrected chi connectivity index (χ2v) is 11.4. The largest absolute Gasteiger partial charge is 0.508 e. The molecule has 1 aliphatic rings. The van der Waals surface area contributed by atoms with Gasteiger partial charge in [0.15, 0.2) is 0 Å². The Balaban J connectivity index is 1.42. The molecule has 0 radical (unpaired) electrons. The van der Waals surface area contributed by atoms with Crippen LogP contribution in [0.1, 0.15) is 0 Å². The van der Waals surface area contributed by atoms with Gasteiger partial charge in [-0.25, -0.2) is 0 Å². The lowest BCUT2D eigenvalue weighted by Gasteiger charge is -2.20. The fraction of sp³-hybridized carbons (Fsp3) is 0. The quantitative estimate of drug-likeness (QED) is 0.234. The zero-order valence-corrected chi connectivity index (χ0v) is 23.4. The van der Waals surface area contributed by atoms with Crippen molar-refractivity contribution in [3.05, 3.63) is 152 Å². The van der Waals surface area contributed by atoms with Gasteiger partial charge in [-0.15, -0.1) is 0 Å². The number of benzene rings is 8. The van der Waals surface area contributed by atoms with Crippen LogP contribution in [0.25, 0.3) is 88.0 Å². The number of aromatic hydroxyl groups is 1. The Morgan fingerprint density at radius 3 is 1.53 bits per heavy atom. The molecule has 8 aromatic carbocycles. The number of phenols is 1. The Labute approximate surface area is 249 Å². The molecule has 200 valence electrons. The second-order valence-electron chi connectivity index (χ2n) is 11.4. The summed E-state index contributed by atoms with van der Waals surface area (Å²) in [6, 6.07) is 54.1. The monoisotopic (exact) mass is 546 g/mol. The lowest BCUT2D eigenvalue weighted by molar-refractivity contribution is 0.476. The molecule has 0 spiro atoms. The van der Waals surface area contributed by atoms with Crippen LogP contribution in [0.15, 0.2) is 152 Å². The van der Waals surface area contributed by atoms with Crippen molar-refractivity contribution in [2.45, 2.75) is 0 Å². The summed E-state index contributed by atoms with van der Waals surface area (Å²) in [6.07, 6.45) is 0. The number of phenolic OH excluding ortho intramolecular Hbond substituents is 1. The summed E-state index contributed by atoms with van der Waals surface area (Å²) in [5.41, 5.74) is 12.7. The van der Waals surface area contributed by atoms with Gasteiger partial charge in [-0.05, 0) is 106 Å². The summed E-state index contributed by atoms with van der Waals surface area (Å²) in [7, 11) is 0. The molecule has 1 nitrogen and oxygen atoms in total. The Kier molecular flexibility index (Phi) is 5.12. The highest BCUT2D eigenvalue weighted by Gasteiger charge is 2.31. The van der Waals surface area contributed by atoms with Gasteiger partial charge < -0.3 is 5.11 Å². The van der Waals surface area contributed by atoms with Crippen molar-refractivity contribution in [3.8, 4) is 61.4 Å². The topological polar surface area (TPSA) is 20.2 Å². The van der Waals surface area contributed by atoms with Gasteiger partial charge in [0.2, 0.25) is 0 Å². The minimum Gasteiger partial charge on any atom is -0.508 e. The van der Waals surface area contributed by atoms with Crippen LogP contribution in [0.2, 0.25) is 0 Å². The van der Waals surface area contributed by atoms with Crippen LogP contribution in [0.3, 0.4) is 0 Å². The van der Waals surface area contributed by atoms with Gasteiger partial charge in [-0.1, -0.05) is 133 Å². The lowest BCUT2D eigenvalue weighted by Crippen LogP contribution is -1.93. The molecule has 0 fully saturated rings. The van der Waals surface area contributed by atoms with Gasteiger partial charge in [-0.3, -0.25) is 0 Å².